The first-order valence-corrected chi connectivity index (χ1v) is 14.2. The predicted molar refractivity (Wildman–Crippen MR) is 137 cm³/mol. The quantitative estimate of drug-likeness (QED) is 0.139. The fraction of sp³-hybridized carbons (Fsp3) is 0.964. The molecule has 2 atom stereocenters. The standard InChI is InChI=1S/C28H55NO4/c1-4-5-6-7-8-9-10-11-12-13-14-15-16-17-18-19-20-21-22-28(32)25-29(2,3)24-26(33-28)23-27(30)31/h26,32H,4-25H2,1-3H3/p+1/t26-,28+/m1/s1. The molecule has 0 radical (unpaired) electrons. The first kappa shape index (κ1) is 30.4. The van der Waals surface area contributed by atoms with Gasteiger partial charge in [-0.3, -0.25) is 4.79 Å². The van der Waals surface area contributed by atoms with Gasteiger partial charge in [0.1, 0.15) is 19.2 Å². The summed E-state index contributed by atoms with van der Waals surface area (Å²) >= 11 is 0. The van der Waals surface area contributed by atoms with Crippen LogP contribution in [0, 0.1) is 0 Å². The molecule has 33 heavy (non-hydrogen) atoms. The molecule has 0 aromatic heterocycles. The van der Waals surface area contributed by atoms with Crippen molar-refractivity contribution in [1.82, 2.24) is 0 Å². The Labute approximate surface area is 204 Å². The zero-order valence-electron chi connectivity index (χ0n) is 22.3. The summed E-state index contributed by atoms with van der Waals surface area (Å²) in [5, 5.41) is 20.0. The number of rotatable bonds is 21. The minimum absolute atomic E-state index is 0.0386. The minimum Gasteiger partial charge on any atom is -0.481 e. The zero-order chi connectivity index (χ0) is 24.4. The highest BCUT2D eigenvalue weighted by atomic mass is 16.6. The molecule has 1 saturated heterocycles. The van der Waals surface area contributed by atoms with Crippen LogP contribution in [0.1, 0.15) is 135 Å². The Kier molecular flexibility index (Phi) is 16.3. The summed E-state index contributed by atoms with van der Waals surface area (Å²) in [6.07, 6.45) is 24.3. The van der Waals surface area contributed by atoms with E-state index in [2.05, 4.69) is 6.92 Å². The van der Waals surface area contributed by atoms with E-state index in [9.17, 15) is 9.90 Å². The Balaban J connectivity index is 1.93. The molecule has 1 fully saturated rings. The molecule has 0 spiro atoms. The summed E-state index contributed by atoms with van der Waals surface area (Å²) in [4.78, 5) is 11.1. The topological polar surface area (TPSA) is 66.8 Å². The molecule has 0 amide bonds. The molecule has 0 aromatic carbocycles. The van der Waals surface area contributed by atoms with Gasteiger partial charge in [-0.2, -0.15) is 0 Å². The molecule has 1 rings (SSSR count). The van der Waals surface area contributed by atoms with Crippen LogP contribution in [0.2, 0.25) is 0 Å². The van der Waals surface area contributed by atoms with Crippen molar-refractivity contribution in [2.75, 3.05) is 27.2 Å². The Bertz CT molecular complexity index is 496. The summed E-state index contributed by atoms with van der Waals surface area (Å²) in [5.74, 6) is -2.05. The number of aliphatic hydroxyl groups is 1. The van der Waals surface area contributed by atoms with Crippen molar-refractivity contribution in [2.45, 2.75) is 147 Å². The number of nitrogens with zero attached hydrogens (tertiary/aromatic N) is 1. The summed E-state index contributed by atoms with van der Waals surface area (Å²) in [5.41, 5.74) is 0. The summed E-state index contributed by atoms with van der Waals surface area (Å²) in [7, 11) is 4.08. The summed E-state index contributed by atoms with van der Waals surface area (Å²) in [6, 6.07) is 0. The van der Waals surface area contributed by atoms with Crippen molar-refractivity contribution in [3.63, 3.8) is 0 Å². The van der Waals surface area contributed by atoms with Gasteiger partial charge >= 0.3 is 5.97 Å². The first-order chi connectivity index (χ1) is 15.8. The molecule has 0 aliphatic carbocycles. The van der Waals surface area contributed by atoms with Crippen molar-refractivity contribution in [3.05, 3.63) is 0 Å². The number of carboxylic acid groups (broad SMARTS) is 1. The van der Waals surface area contributed by atoms with Crippen molar-refractivity contribution in [2.24, 2.45) is 0 Å². The van der Waals surface area contributed by atoms with Crippen molar-refractivity contribution >= 4 is 5.97 Å². The van der Waals surface area contributed by atoms with Crippen LogP contribution in [0.25, 0.3) is 0 Å². The number of hydrogen-bond acceptors (Lipinski definition) is 3. The highest BCUT2D eigenvalue weighted by Gasteiger charge is 2.45. The van der Waals surface area contributed by atoms with Crippen LogP contribution in [0.4, 0.5) is 0 Å². The van der Waals surface area contributed by atoms with Gasteiger partial charge in [0, 0.05) is 6.42 Å². The monoisotopic (exact) mass is 470 g/mol. The van der Waals surface area contributed by atoms with Gasteiger partial charge in [-0.05, 0) is 6.42 Å². The van der Waals surface area contributed by atoms with Crippen molar-refractivity contribution in [1.29, 1.82) is 0 Å². The lowest BCUT2D eigenvalue weighted by Gasteiger charge is -2.46. The third kappa shape index (κ3) is 16.6. The summed E-state index contributed by atoms with van der Waals surface area (Å²) < 4.78 is 6.42. The normalized spacial score (nSPS) is 22.5. The van der Waals surface area contributed by atoms with Gasteiger partial charge in [0.2, 0.25) is 5.79 Å². The van der Waals surface area contributed by atoms with Crippen LogP contribution in [0.15, 0.2) is 0 Å². The third-order valence-electron chi connectivity index (χ3n) is 7.08. The Morgan fingerprint density at radius 1 is 0.788 bits per heavy atom. The van der Waals surface area contributed by atoms with E-state index in [1.807, 2.05) is 14.1 Å². The number of unbranched alkanes of at least 4 members (excludes halogenated alkanes) is 17. The second kappa shape index (κ2) is 17.7. The van der Waals surface area contributed by atoms with E-state index in [1.54, 1.807) is 0 Å². The molecule has 5 nitrogen and oxygen atoms in total. The molecule has 5 heteroatoms. The van der Waals surface area contributed by atoms with Crippen LogP contribution in [0.5, 0.6) is 0 Å². The second-order valence-corrected chi connectivity index (χ2v) is 11.3. The van der Waals surface area contributed by atoms with Crippen molar-refractivity contribution < 1.29 is 24.2 Å². The lowest BCUT2D eigenvalue weighted by atomic mass is 10.0. The molecule has 0 aromatic rings. The predicted octanol–water partition coefficient (Wildman–Crippen LogP) is 7.06. The van der Waals surface area contributed by atoms with E-state index >= 15 is 0 Å². The van der Waals surface area contributed by atoms with Gasteiger partial charge in [0.15, 0.2) is 0 Å². The van der Waals surface area contributed by atoms with Gasteiger partial charge in [-0.25, -0.2) is 0 Å². The first-order valence-electron chi connectivity index (χ1n) is 14.2. The number of likely N-dealkylation sites (N-methyl/N-ethyl adjacent to an activating group) is 1. The minimum atomic E-state index is -1.18. The smallest absolute Gasteiger partial charge is 0.306 e. The maximum Gasteiger partial charge on any atom is 0.306 e. The lowest BCUT2D eigenvalue weighted by molar-refractivity contribution is -0.915. The van der Waals surface area contributed by atoms with E-state index in [4.69, 9.17) is 9.84 Å². The van der Waals surface area contributed by atoms with Crippen LogP contribution < -0.4 is 0 Å². The SMILES string of the molecule is CCCCCCCCCCCCCCCCCCCC[C@@]1(O)C[N+](C)(C)C[C@@H](CC(=O)O)O1. The number of ether oxygens (including phenoxy) is 1. The number of morpholine rings is 1. The van der Waals surface area contributed by atoms with Crippen molar-refractivity contribution in [3.8, 4) is 0 Å². The van der Waals surface area contributed by atoms with Crippen LogP contribution in [-0.4, -0.2) is 59.7 Å². The van der Waals surface area contributed by atoms with Gasteiger partial charge in [0.05, 0.1) is 20.5 Å². The number of quaternary nitrogens is 1. The zero-order valence-corrected chi connectivity index (χ0v) is 22.3. The van der Waals surface area contributed by atoms with Crippen LogP contribution in [-0.2, 0) is 9.53 Å². The summed E-state index contributed by atoms with van der Waals surface area (Å²) in [6.45, 7) is 3.44. The van der Waals surface area contributed by atoms with E-state index in [1.165, 1.54) is 103 Å². The fourth-order valence-corrected chi connectivity index (χ4v) is 5.41. The molecule has 0 bridgehead atoms. The van der Waals surface area contributed by atoms with E-state index in [0.717, 1.165) is 12.8 Å². The molecule has 1 aliphatic heterocycles. The van der Waals surface area contributed by atoms with Gasteiger partial charge in [0.25, 0.3) is 0 Å². The molecule has 0 unspecified atom stereocenters. The maximum absolute atomic E-state index is 11.1. The second-order valence-electron chi connectivity index (χ2n) is 11.3. The van der Waals surface area contributed by atoms with E-state index in [-0.39, 0.29) is 6.42 Å². The lowest BCUT2D eigenvalue weighted by Crippen LogP contribution is -2.62. The number of carboxylic acids is 1. The Morgan fingerprint density at radius 3 is 1.58 bits per heavy atom. The van der Waals surface area contributed by atoms with Gasteiger partial charge < -0.3 is 19.4 Å². The van der Waals surface area contributed by atoms with E-state index in [0.29, 0.717) is 24.0 Å². The average molecular weight is 471 g/mol. The largest absolute Gasteiger partial charge is 0.481 e. The van der Waals surface area contributed by atoms with Crippen LogP contribution >= 0.6 is 0 Å². The van der Waals surface area contributed by atoms with Gasteiger partial charge in [-0.1, -0.05) is 116 Å². The Hall–Kier alpha value is -0.650. The highest BCUT2D eigenvalue weighted by Crippen LogP contribution is 2.29. The molecule has 2 N–H and O–H groups in total. The van der Waals surface area contributed by atoms with Crippen LogP contribution in [0.3, 0.4) is 0 Å². The van der Waals surface area contributed by atoms with Gasteiger partial charge in [-0.15, -0.1) is 0 Å². The average Bonchev–Trinajstić information content (AvgIpc) is 2.71. The van der Waals surface area contributed by atoms with E-state index < -0.39 is 17.9 Å². The molecular formula is C28H56NO4+. The maximum atomic E-state index is 11.1. The molecule has 1 aliphatic rings. The number of hydrogen-bond donors (Lipinski definition) is 2. The number of carbonyl (C=O) groups is 1. The molecule has 196 valence electrons. The third-order valence-corrected chi connectivity index (χ3v) is 7.08. The fourth-order valence-electron chi connectivity index (χ4n) is 5.41. The molecule has 1 heterocycles. The molecule has 0 saturated carbocycles. The number of aliphatic carboxylic acids is 1. The molecular weight excluding hydrogens is 414 g/mol. The Morgan fingerprint density at radius 2 is 1.18 bits per heavy atom. The highest BCUT2D eigenvalue weighted by molar-refractivity contribution is 5.67.